The summed E-state index contributed by atoms with van der Waals surface area (Å²) in [6.45, 7) is 1.65. The van der Waals surface area contributed by atoms with E-state index in [1.165, 1.54) is 0 Å². The Kier molecular flexibility index (Phi) is 4.76. The molecular formula is C11H14BrNO3. The van der Waals surface area contributed by atoms with Gasteiger partial charge in [0.2, 0.25) is 0 Å². The molecule has 88 valence electrons. The lowest BCUT2D eigenvalue weighted by atomic mass is 10.2. The Morgan fingerprint density at radius 3 is 2.81 bits per heavy atom. The van der Waals surface area contributed by atoms with Crippen LogP contribution in [0.5, 0.6) is 5.75 Å². The summed E-state index contributed by atoms with van der Waals surface area (Å²) in [5.41, 5.74) is 0.521. The number of rotatable bonds is 4. The van der Waals surface area contributed by atoms with E-state index in [4.69, 9.17) is 9.84 Å². The zero-order chi connectivity index (χ0) is 12.1. The first-order valence-corrected chi connectivity index (χ1v) is 5.63. The molecule has 1 aromatic rings. The molecule has 0 aliphatic carbocycles. The Morgan fingerprint density at radius 2 is 2.31 bits per heavy atom. The van der Waals surface area contributed by atoms with Gasteiger partial charge in [-0.05, 0) is 41.1 Å². The first-order valence-electron chi connectivity index (χ1n) is 4.83. The number of aliphatic hydroxyl groups excluding tert-OH is 1. The van der Waals surface area contributed by atoms with E-state index in [0.29, 0.717) is 11.3 Å². The number of benzene rings is 1. The maximum absolute atomic E-state index is 11.7. The number of halogens is 1. The molecule has 4 nitrogen and oxygen atoms in total. The van der Waals surface area contributed by atoms with Crippen LogP contribution in [0.2, 0.25) is 0 Å². The molecular weight excluding hydrogens is 274 g/mol. The van der Waals surface area contributed by atoms with E-state index in [1.807, 2.05) is 0 Å². The SMILES string of the molecule is COc1ccc(C(=O)N[C@H](C)CO)cc1Br. The van der Waals surface area contributed by atoms with E-state index >= 15 is 0 Å². The molecule has 0 saturated heterocycles. The van der Waals surface area contributed by atoms with Gasteiger partial charge >= 0.3 is 0 Å². The van der Waals surface area contributed by atoms with Crippen molar-refractivity contribution in [1.82, 2.24) is 5.32 Å². The van der Waals surface area contributed by atoms with Crippen LogP contribution in [0.1, 0.15) is 17.3 Å². The summed E-state index contributed by atoms with van der Waals surface area (Å²) in [6, 6.07) is 4.80. The Labute approximate surface area is 103 Å². The van der Waals surface area contributed by atoms with Crippen molar-refractivity contribution in [3.63, 3.8) is 0 Å². The van der Waals surface area contributed by atoms with Gasteiger partial charge in [0.15, 0.2) is 0 Å². The van der Waals surface area contributed by atoms with Gasteiger partial charge in [0.25, 0.3) is 5.91 Å². The molecule has 0 unspecified atom stereocenters. The largest absolute Gasteiger partial charge is 0.496 e. The average Bonchev–Trinajstić information content (AvgIpc) is 2.28. The van der Waals surface area contributed by atoms with Crippen LogP contribution in [-0.2, 0) is 0 Å². The normalized spacial score (nSPS) is 12.0. The second kappa shape index (κ2) is 5.86. The standard InChI is InChI=1S/C11H14BrNO3/c1-7(6-14)13-11(15)8-3-4-10(16-2)9(12)5-8/h3-5,7,14H,6H2,1-2H3,(H,13,15)/t7-/m1/s1. The summed E-state index contributed by atoms with van der Waals surface area (Å²) in [4.78, 5) is 11.7. The topological polar surface area (TPSA) is 58.6 Å². The van der Waals surface area contributed by atoms with Crippen molar-refractivity contribution in [3.05, 3.63) is 28.2 Å². The molecule has 0 aromatic heterocycles. The van der Waals surface area contributed by atoms with Gasteiger partial charge < -0.3 is 15.2 Å². The second-order valence-electron chi connectivity index (χ2n) is 3.41. The first-order chi connectivity index (χ1) is 7.58. The lowest BCUT2D eigenvalue weighted by Crippen LogP contribution is -2.34. The van der Waals surface area contributed by atoms with Gasteiger partial charge in [-0.15, -0.1) is 0 Å². The van der Waals surface area contributed by atoms with E-state index in [9.17, 15) is 4.79 Å². The molecule has 0 heterocycles. The molecule has 0 aliphatic heterocycles. The summed E-state index contributed by atoms with van der Waals surface area (Å²) >= 11 is 3.30. The fraction of sp³-hybridized carbons (Fsp3) is 0.364. The van der Waals surface area contributed by atoms with E-state index in [2.05, 4.69) is 21.2 Å². The van der Waals surface area contributed by atoms with Crippen molar-refractivity contribution < 1.29 is 14.6 Å². The van der Waals surface area contributed by atoms with E-state index < -0.39 is 0 Å². The molecule has 0 radical (unpaired) electrons. The smallest absolute Gasteiger partial charge is 0.251 e. The van der Waals surface area contributed by atoms with Crippen LogP contribution in [0.25, 0.3) is 0 Å². The predicted molar refractivity (Wildman–Crippen MR) is 64.7 cm³/mol. The summed E-state index contributed by atoms with van der Waals surface area (Å²) < 4.78 is 5.78. The number of aliphatic hydroxyl groups is 1. The van der Waals surface area contributed by atoms with Gasteiger partial charge in [-0.3, -0.25) is 4.79 Å². The molecule has 16 heavy (non-hydrogen) atoms. The van der Waals surface area contributed by atoms with Crippen LogP contribution in [-0.4, -0.2) is 30.8 Å². The molecule has 1 aromatic carbocycles. The molecule has 1 amide bonds. The molecule has 5 heteroatoms. The fourth-order valence-electron chi connectivity index (χ4n) is 1.16. The highest BCUT2D eigenvalue weighted by Gasteiger charge is 2.10. The molecule has 0 aliphatic rings. The third kappa shape index (κ3) is 3.21. The maximum atomic E-state index is 11.7. The zero-order valence-corrected chi connectivity index (χ0v) is 10.7. The number of carbonyl (C=O) groups excluding carboxylic acids is 1. The highest BCUT2D eigenvalue weighted by Crippen LogP contribution is 2.25. The maximum Gasteiger partial charge on any atom is 0.251 e. The molecule has 1 rings (SSSR count). The van der Waals surface area contributed by atoms with Crippen molar-refractivity contribution in [2.75, 3.05) is 13.7 Å². The van der Waals surface area contributed by atoms with Crippen molar-refractivity contribution in [3.8, 4) is 5.75 Å². The summed E-state index contributed by atoms with van der Waals surface area (Å²) in [6.07, 6.45) is 0. The monoisotopic (exact) mass is 287 g/mol. The molecule has 0 fully saturated rings. The van der Waals surface area contributed by atoms with Gasteiger partial charge in [0.1, 0.15) is 5.75 Å². The Balaban J connectivity index is 2.81. The lowest BCUT2D eigenvalue weighted by molar-refractivity contribution is 0.0922. The minimum Gasteiger partial charge on any atom is -0.496 e. The van der Waals surface area contributed by atoms with Crippen LogP contribution in [0.3, 0.4) is 0 Å². The van der Waals surface area contributed by atoms with Gasteiger partial charge in [0.05, 0.1) is 18.2 Å². The number of amides is 1. The van der Waals surface area contributed by atoms with Crippen molar-refractivity contribution >= 4 is 21.8 Å². The summed E-state index contributed by atoms with van der Waals surface area (Å²) in [5, 5.41) is 11.5. The van der Waals surface area contributed by atoms with Crippen LogP contribution in [0.4, 0.5) is 0 Å². The third-order valence-corrected chi connectivity index (χ3v) is 2.69. The van der Waals surface area contributed by atoms with Gasteiger partial charge in [0, 0.05) is 11.6 Å². The molecule has 1 atom stereocenters. The average molecular weight is 288 g/mol. The summed E-state index contributed by atoms with van der Waals surface area (Å²) in [5.74, 6) is 0.455. The van der Waals surface area contributed by atoms with E-state index in [-0.39, 0.29) is 18.6 Å². The first kappa shape index (κ1) is 13.0. The van der Waals surface area contributed by atoms with Crippen LogP contribution in [0, 0.1) is 0 Å². The second-order valence-corrected chi connectivity index (χ2v) is 4.26. The molecule has 0 spiro atoms. The van der Waals surface area contributed by atoms with Gasteiger partial charge in [-0.25, -0.2) is 0 Å². The minimum atomic E-state index is -0.256. The Bertz CT molecular complexity index is 381. The van der Waals surface area contributed by atoms with Crippen molar-refractivity contribution in [1.29, 1.82) is 0 Å². The number of ether oxygens (including phenoxy) is 1. The highest BCUT2D eigenvalue weighted by molar-refractivity contribution is 9.10. The van der Waals surface area contributed by atoms with Crippen LogP contribution in [0.15, 0.2) is 22.7 Å². The minimum absolute atomic E-state index is 0.0803. The van der Waals surface area contributed by atoms with Gasteiger partial charge in [-0.1, -0.05) is 0 Å². The van der Waals surface area contributed by atoms with Crippen LogP contribution >= 0.6 is 15.9 Å². The number of carbonyl (C=O) groups is 1. The molecule has 0 bridgehead atoms. The van der Waals surface area contributed by atoms with Crippen molar-refractivity contribution in [2.45, 2.75) is 13.0 Å². The van der Waals surface area contributed by atoms with Gasteiger partial charge in [-0.2, -0.15) is 0 Å². The Morgan fingerprint density at radius 1 is 1.62 bits per heavy atom. The number of nitrogens with one attached hydrogen (secondary N) is 1. The molecule has 2 N–H and O–H groups in total. The third-order valence-electron chi connectivity index (χ3n) is 2.07. The van der Waals surface area contributed by atoms with E-state index in [0.717, 1.165) is 4.47 Å². The number of hydrogen-bond donors (Lipinski definition) is 2. The van der Waals surface area contributed by atoms with Crippen LogP contribution < -0.4 is 10.1 Å². The van der Waals surface area contributed by atoms with Crippen molar-refractivity contribution in [2.24, 2.45) is 0 Å². The number of hydrogen-bond acceptors (Lipinski definition) is 3. The quantitative estimate of drug-likeness (QED) is 0.884. The number of methoxy groups -OCH3 is 1. The molecule has 0 saturated carbocycles. The highest BCUT2D eigenvalue weighted by atomic mass is 79.9. The zero-order valence-electron chi connectivity index (χ0n) is 9.16. The summed E-state index contributed by atoms with van der Waals surface area (Å²) in [7, 11) is 1.56. The fourth-order valence-corrected chi connectivity index (χ4v) is 1.70. The van der Waals surface area contributed by atoms with E-state index in [1.54, 1.807) is 32.2 Å². The Hall–Kier alpha value is -1.07. The lowest BCUT2D eigenvalue weighted by Gasteiger charge is -2.11. The predicted octanol–water partition coefficient (Wildman–Crippen LogP) is 1.57.